The Balaban J connectivity index is 1.85. The SMILES string of the molecule is Cc1nc(Cc2cc3ccccc3o2)sc1CC(=O)O. The molecule has 2 heterocycles. The number of aliphatic carboxylic acids is 1. The highest BCUT2D eigenvalue weighted by atomic mass is 32.1. The van der Waals surface area contributed by atoms with Crippen LogP contribution in [0.4, 0.5) is 0 Å². The van der Waals surface area contributed by atoms with Gasteiger partial charge in [0.05, 0.1) is 18.5 Å². The van der Waals surface area contributed by atoms with Gasteiger partial charge in [-0.3, -0.25) is 4.79 Å². The molecule has 0 saturated carbocycles. The Kier molecular flexibility index (Phi) is 3.28. The standard InChI is InChI=1S/C15H13NO3S/c1-9-13(8-15(17)18)20-14(16-9)7-11-6-10-4-2-3-5-12(10)19-11/h2-6H,7-8H2,1H3,(H,17,18). The average molecular weight is 287 g/mol. The highest BCUT2D eigenvalue weighted by Crippen LogP contribution is 2.25. The van der Waals surface area contributed by atoms with Crippen molar-refractivity contribution in [3.63, 3.8) is 0 Å². The van der Waals surface area contributed by atoms with Crippen LogP contribution in [0.15, 0.2) is 34.7 Å². The summed E-state index contributed by atoms with van der Waals surface area (Å²) in [5.41, 5.74) is 1.66. The number of furan rings is 1. The van der Waals surface area contributed by atoms with E-state index in [1.54, 1.807) is 0 Å². The van der Waals surface area contributed by atoms with E-state index in [2.05, 4.69) is 4.98 Å². The highest BCUT2D eigenvalue weighted by molar-refractivity contribution is 7.11. The molecule has 0 spiro atoms. The lowest BCUT2D eigenvalue weighted by atomic mass is 10.2. The first kappa shape index (κ1) is 12.9. The van der Waals surface area contributed by atoms with Gasteiger partial charge in [0.2, 0.25) is 0 Å². The number of carboxylic acid groups (broad SMARTS) is 1. The zero-order valence-corrected chi connectivity index (χ0v) is 11.7. The van der Waals surface area contributed by atoms with Crippen molar-refractivity contribution in [2.24, 2.45) is 0 Å². The number of aryl methyl sites for hydroxylation is 1. The Morgan fingerprint density at radius 3 is 2.95 bits per heavy atom. The van der Waals surface area contributed by atoms with Crippen LogP contribution in [0.2, 0.25) is 0 Å². The fourth-order valence-corrected chi connectivity index (χ4v) is 3.21. The van der Waals surface area contributed by atoms with E-state index in [1.807, 2.05) is 37.3 Å². The molecular formula is C15H13NO3S. The Morgan fingerprint density at radius 2 is 2.20 bits per heavy atom. The number of benzene rings is 1. The number of fused-ring (bicyclic) bond motifs is 1. The van der Waals surface area contributed by atoms with E-state index in [0.717, 1.165) is 32.3 Å². The molecule has 0 unspecified atom stereocenters. The summed E-state index contributed by atoms with van der Waals surface area (Å²) in [6.45, 7) is 1.84. The predicted octanol–water partition coefficient (Wildman–Crippen LogP) is 3.42. The monoisotopic (exact) mass is 287 g/mol. The number of para-hydroxylation sites is 1. The maximum absolute atomic E-state index is 10.8. The van der Waals surface area contributed by atoms with Crippen molar-refractivity contribution in [2.75, 3.05) is 0 Å². The second-order valence-electron chi connectivity index (χ2n) is 4.61. The second kappa shape index (κ2) is 5.09. The van der Waals surface area contributed by atoms with Gasteiger partial charge in [-0.2, -0.15) is 0 Å². The van der Waals surface area contributed by atoms with Crippen LogP contribution >= 0.6 is 11.3 Å². The minimum atomic E-state index is -0.827. The van der Waals surface area contributed by atoms with E-state index in [0.29, 0.717) is 6.42 Å². The molecular weight excluding hydrogens is 274 g/mol. The third kappa shape index (κ3) is 2.58. The maximum Gasteiger partial charge on any atom is 0.308 e. The van der Waals surface area contributed by atoms with Gasteiger partial charge >= 0.3 is 5.97 Å². The van der Waals surface area contributed by atoms with Gasteiger partial charge < -0.3 is 9.52 Å². The van der Waals surface area contributed by atoms with Crippen molar-refractivity contribution < 1.29 is 14.3 Å². The van der Waals surface area contributed by atoms with Crippen LogP contribution in [0.1, 0.15) is 21.3 Å². The van der Waals surface area contributed by atoms with Crippen LogP contribution in [-0.4, -0.2) is 16.1 Å². The number of hydrogen-bond acceptors (Lipinski definition) is 4. The molecule has 0 aliphatic carbocycles. The number of rotatable bonds is 4. The summed E-state index contributed by atoms with van der Waals surface area (Å²) in [6, 6.07) is 9.85. The lowest BCUT2D eigenvalue weighted by Crippen LogP contribution is -1.99. The fraction of sp³-hybridized carbons (Fsp3) is 0.200. The number of nitrogens with zero attached hydrogens (tertiary/aromatic N) is 1. The minimum Gasteiger partial charge on any atom is -0.481 e. The molecule has 4 nitrogen and oxygen atoms in total. The van der Waals surface area contributed by atoms with Gasteiger partial charge in [0, 0.05) is 10.3 Å². The van der Waals surface area contributed by atoms with Gasteiger partial charge in [-0.1, -0.05) is 18.2 Å². The van der Waals surface area contributed by atoms with E-state index < -0.39 is 5.97 Å². The summed E-state index contributed by atoms with van der Waals surface area (Å²) < 4.78 is 5.75. The zero-order valence-electron chi connectivity index (χ0n) is 10.9. The second-order valence-corrected chi connectivity index (χ2v) is 5.78. The molecule has 0 saturated heterocycles. The van der Waals surface area contributed by atoms with Crippen LogP contribution in [0.5, 0.6) is 0 Å². The third-order valence-corrected chi connectivity index (χ3v) is 4.21. The Bertz CT molecular complexity index is 739. The Hall–Kier alpha value is -2.14. The van der Waals surface area contributed by atoms with Crippen LogP contribution < -0.4 is 0 Å². The average Bonchev–Trinajstić information content (AvgIpc) is 2.92. The van der Waals surface area contributed by atoms with E-state index in [9.17, 15) is 4.79 Å². The predicted molar refractivity (Wildman–Crippen MR) is 77.2 cm³/mol. The molecule has 0 amide bonds. The summed E-state index contributed by atoms with van der Waals surface area (Å²) in [5, 5.41) is 10.8. The highest BCUT2D eigenvalue weighted by Gasteiger charge is 2.13. The molecule has 5 heteroatoms. The normalized spacial score (nSPS) is 11.1. The molecule has 0 atom stereocenters. The number of carboxylic acids is 1. The van der Waals surface area contributed by atoms with Gasteiger partial charge in [0.15, 0.2) is 0 Å². The Morgan fingerprint density at radius 1 is 1.40 bits per heavy atom. The molecule has 0 bridgehead atoms. The van der Waals surface area contributed by atoms with Gasteiger partial charge in [0.25, 0.3) is 0 Å². The van der Waals surface area contributed by atoms with Crippen LogP contribution in [0.3, 0.4) is 0 Å². The maximum atomic E-state index is 10.8. The molecule has 0 fully saturated rings. The summed E-state index contributed by atoms with van der Waals surface area (Å²) in [7, 11) is 0. The van der Waals surface area contributed by atoms with Crippen LogP contribution in [-0.2, 0) is 17.6 Å². The molecule has 3 aromatic rings. The van der Waals surface area contributed by atoms with Crippen LogP contribution in [0, 0.1) is 6.92 Å². The van der Waals surface area contributed by atoms with Gasteiger partial charge in [-0.05, 0) is 19.1 Å². The van der Waals surface area contributed by atoms with E-state index in [-0.39, 0.29) is 6.42 Å². The van der Waals surface area contributed by atoms with E-state index in [4.69, 9.17) is 9.52 Å². The molecule has 2 aromatic heterocycles. The quantitative estimate of drug-likeness (QED) is 0.798. The zero-order chi connectivity index (χ0) is 14.1. The molecule has 0 aliphatic heterocycles. The van der Waals surface area contributed by atoms with E-state index >= 15 is 0 Å². The molecule has 1 aromatic carbocycles. The van der Waals surface area contributed by atoms with Crippen molar-refractivity contribution in [3.05, 3.63) is 51.7 Å². The smallest absolute Gasteiger partial charge is 0.308 e. The fourth-order valence-electron chi connectivity index (χ4n) is 2.14. The van der Waals surface area contributed by atoms with Crippen molar-refractivity contribution in [1.29, 1.82) is 0 Å². The van der Waals surface area contributed by atoms with Crippen LogP contribution in [0.25, 0.3) is 11.0 Å². The lowest BCUT2D eigenvalue weighted by Gasteiger charge is -1.90. The van der Waals surface area contributed by atoms with Gasteiger partial charge in [0.1, 0.15) is 16.4 Å². The van der Waals surface area contributed by atoms with Gasteiger partial charge in [-0.15, -0.1) is 11.3 Å². The van der Waals surface area contributed by atoms with Crippen molar-refractivity contribution in [3.8, 4) is 0 Å². The summed E-state index contributed by atoms with van der Waals surface area (Å²) in [4.78, 5) is 16.0. The number of aromatic nitrogens is 1. The summed E-state index contributed by atoms with van der Waals surface area (Å²) >= 11 is 1.44. The first-order valence-corrected chi connectivity index (χ1v) is 7.08. The summed E-state index contributed by atoms with van der Waals surface area (Å²) in [6.07, 6.45) is 0.628. The van der Waals surface area contributed by atoms with Gasteiger partial charge in [-0.25, -0.2) is 4.98 Å². The number of hydrogen-bond donors (Lipinski definition) is 1. The number of thiazole rings is 1. The first-order valence-electron chi connectivity index (χ1n) is 6.26. The minimum absolute atomic E-state index is 0.0314. The molecule has 0 aliphatic rings. The van der Waals surface area contributed by atoms with Crippen molar-refractivity contribution in [2.45, 2.75) is 19.8 Å². The largest absolute Gasteiger partial charge is 0.481 e. The lowest BCUT2D eigenvalue weighted by molar-refractivity contribution is -0.136. The molecule has 1 N–H and O–H groups in total. The molecule has 20 heavy (non-hydrogen) atoms. The molecule has 3 rings (SSSR count). The van der Waals surface area contributed by atoms with Crippen molar-refractivity contribution >= 4 is 28.3 Å². The van der Waals surface area contributed by atoms with E-state index in [1.165, 1.54) is 11.3 Å². The molecule has 102 valence electrons. The van der Waals surface area contributed by atoms with Crippen molar-refractivity contribution in [1.82, 2.24) is 4.98 Å². The Labute approximate surface area is 119 Å². The topological polar surface area (TPSA) is 63.3 Å². The summed E-state index contributed by atoms with van der Waals surface area (Å²) in [5.74, 6) is 0.0221. The third-order valence-electron chi connectivity index (χ3n) is 3.05. The number of carbonyl (C=O) groups is 1. The first-order chi connectivity index (χ1) is 9.61. The molecule has 0 radical (unpaired) electrons.